The minimum absolute atomic E-state index is 0.759. The Hall–Kier alpha value is -4.51. The molecule has 0 unspecified atom stereocenters. The van der Waals surface area contributed by atoms with Crippen molar-refractivity contribution in [2.45, 2.75) is 0 Å². The number of hydrogen-bond donors (Lipinski definition) is 0. The molecule has 5 nitrogen and oxygen atoms in total. The maximum atomic E-state index is 6.10. The van der Waals surface area contributed by atoms with Crippen LogP contribution in [0.2, 0.25) is 0 Å². The fourth-order valence-corrected chi connectivity index (χ4v) is 4.64. The van der Waals surface area contributed by atoms with Gasteiger partial charge in [-0.2, -0.15) is 0 Å². The SMILES string of the molecule is c1ccc2c(c1)oc1cccc(-c3cnnnc3-c3cccc4oc5ccccc5c34)c12. The van der Waals surface area contributed by atoms with Crippen LogP contribution in [0.5, 0.6) is 0 Å². The Bertz CT molecular complexity index is 1660. The average Bonchev–Trinajstić information content (AvgIpc) is 3.42. The summed E-state index contributed by atoms with van der Waals surface area (Å²) in [6, 6.07) is 28.2. The molecule has 0 bridgehead atoms. The van der Waals surface area contributed by atoms with Crippen molar-refractivity contribution in [1.29, 1.82) is 0 Å². The van der Waals surface area contributed by atoms with Crippen LogP contribution in [-0.2, 0) is 0 Å². The van der Waals surface area contributed by atoms with Gasteiger partial charge >= 0.3 is 0 Å². The molecule has 0 spiro atoms. The van der Waals surface area contributed by atoms with Gasteiger partial charge in [-0.3, -0.25) is 0 Å². The van der Waals surface area contributed by atoms with E-state index in [4.69, 9.17) is 8.83 Å². The third-order valence-corrected chi connectivity index (χ3v) is 5.99. The highest BCUT2D eigenvalue weighted by molar-refractivity contribution is 6.16. The Balaban J connectivity index is 1.59. The molecule has 0 saturated heterocycles. The van der Waals surface area contributed by atoms with Crippen molar-refractivity contribution >= 4 is 43.9 Å². The van der Waals surface area contributed by atoms with Gasteiger partial charge in [0.2, 0.25) is 0 Å². The molecule has 5 heteroatoms. The number of para-hydroxylation sites is 2. The van der Waals surface area contributed by atoms with E-state index in [1.165, 1.54) is 0 Å². The van der Waals surface area contributed by atoms with Crippen molar-refractivity contribution < 1.29 is 8.83 Å². The molecular weight excluding hydrogens is 398 g/mol. The number of benzene rings is 4. The first-order valence-electron chi connectivity index (χ1n) is 10.4. The highest BCUT2D eigenvalue weighted by atomic mass is 16.3. The minimum Gasteiger partial charge on any atom is -0.456 e. The van der Waals surface area contributed by atoms with E-state index in [0.717, 1.165) is 66.3 Å². The summed E-state index contributed by atoms with van der Waals surface area (Å²) < 4.78 is 12.2. The molecule has 7 aromatic rings. The van der Waals surface area contributed by atoms with Crippen LogP contribution in [0.1, 0.15) is 0 Å². The largest absolute Gasteiger partial charge is 0.456 e. The zero-order valence-electron chi connectivity index (χ0n) is 16.8. The molecule has 0 aliphatic heterocycles. The lowest BCUT2D eigenvalue weighted by Gasteiger charge is -2.10. The van der Waals surface area contributed by atoms with Gasteiger partial charge in [0.25, 0.3) is 0 Å². The summed E-state index contributed by atoms with van der Waals surface area (Å²) >= 11 is 0. The average molecular weight is 413 g/mol. The molecule has 0 radical (unpaired) electrons. The van der Waals surface area contributed by atoms with Gasteiger partial charge in [0.15, 0.2) is 0 Å². The van der Waals surface area contributed by atoms with Gasteiger partial charge in [0.1, 0.15) is 28.0 Å². The number of aromatic nitrogens is 3. The van der Waals surface area contributed by atoms with Crippen molar-refractivity contribution in [1.82, 2.24) is 15.4 Å². The van der Waals surface area contributed by atoms with Crippen LogP contribution in [0.4, 0.5) is 0 Å². The first-order chi connectivity index (χ1) is 15.9. The van der Waals surface area contributed by atoms with Crippen molar-refractivity contribution in [3.8, 4) is 22.4 Å². The summed E-state index contributed by atoms with van der Waals surface area (Å²) in [5.41, 5.74) is 6.98. The molecule has 0 fully saturated rings. The van der Waals surface area contributed by atoms with Crippen LogP contribution in [0, 0.1) is 0 Å². The smallest absolute Gasteiger partial charge is 0.136 e. The van der Waals surface area contributed by atoms with Gasteiger partial charge in [-0.05, 0) is 35.0 Å². The highest BCUT2D eigenvalue weighted by Gasteiger charge is 2.20. The molecule has 7 rings (SSSR count). The number of hydrogen-bond acceptors (Lipinski definition) is 5. The number of fused-ring (bicyclic) bond motifs is 6. The monoisotopic (exact) mass is 413 g/mol. The summed E-state index contributed by atoms with van der Waals surface area (Å²) in [6.07, 6.45) is 1.78. The lowest BCUT2D eigenvalue weighted by Crippen LogP contribution is -1.95. The normalized spacial score (nSPS) is 11.8. The molecule has 0 aliphatic carbocycles. The molecule has 150 valence electrons. The zero-order valence-corrected chi connectivity index (χ0v) is 16.8. The fourth-order valence-electron chi connectivity index (χ4n) is 4.64. The van der Waals surface area contributed by atoms with Crippen molar-refractivity contribution in [2.24, 2.45) is 0 Å². The number of rotatable bonds is 2. The predicted molar refractivity (Wildman–Crippen MR) is 125 cm³/mol. The van der Waals surface area contributed by atoms with Gasteiger partial charge in [-0.15, -0.1) is 10.2 Å². The van der Waals surface area contributed by atoms with Crippen molar-refractivity contribution in [3.05, 3.63) is 91.1 Å². The Morgan fingerprint density at radius 1 is 0.500 bits per heavy atom. The molecular formula is C27H15N3O2. The van der Waals surface area contributed by atoms with Gasteiger partial charge in [0, 0.05) is 32.7 Å². The van der Waals surface area contributed by atoms with E-state index >= 15 is 0 Å². The zero-order chi connectivity index (χ0) is 21.1. The molecule has 4 aromatic carbocycles. The van der Waals surface area contributed by atoms with E-state index in [9.17, 15) is 0 Å². The Morgan fingerprint density at radius 2 is 1.06 bits per heavy atom. The summed E-state index contributed by atoms with van der Waals surface area (Å²) in [6.45, 7) is 0. The van der Waals surface area contributed by atoms with E-state index in [0.29, 0.717) is 0 Å². The molecule has 32 heavy (non-hydrogen) atoms. The summed E-state index contributed by atoms with van der Waals surface area (Å²) in [4.78, 5) is 0. The molecule has 0 atom stereocenters. The molecule has 0 saturated carbocycles. The second kappa shape index (κ2) is 6.49. The van der Waals surface area contributed by atoms with Crippen LogP contribution in [0.25, 0.3) is 66.3 Å². The molecule has 3 heterocycles. The summed E-state index contributed by atoms with van der Waals surface area (Å²) in [5.74, 6) is 0. The summed E-state index contributed by atoms with van der Waals surface area (Å²) in [7, 11) is 0. The Morgan fingerprint density at radius 3 is 1.75 bits per heavy atom. The third kappa shape index (κ3) is 2.36. The first-order valence-corrected chi connectivity index (χ1v) is 10.4. The van der Waals surface area contributed by atoms with Crippen LogP contribution < -0.4 is 0 Å². The number of nitrogens with zero attached hydrogens (tertiary/aromatic N) is 3. The maximum absolute atomic E-state index is 6.10. The van der Waals surface area contributed by atoms with Crippen molar-refractivity contribution in [2.75, 3.05) is 0 Å². The maximum Gasteiger partial charge on any atom is 0.136 e. The van der Waals surface area contributed by atoms with E-state index in [1.807, 2.05) is 60.7 Å². The van der Waals surface area contributed by atoms with E-state index < -0.39 is 0 Å². The highest BCUT2D eigenvalue weighted by Crippen LogP contribution is 2.42. The molecule has 0 amide bonds. The van der Waals surface area contributed by atoms with Gasteiger partial charge in [0.05, 0.1) is 6.20 Å². The molecule has 0 N–H and O–H groups in total. The van der Waals surface area contributed by atoms with E-state index in [-0.39, 0.29) is 0 Å². The Labute approximate surface area is 181 Å². The summed E-state index contributed by atoms with van der Waals surface area (Å²) in [5, 5.41) is 16.8. The fraction of sp³-hybridized carbons (Fsp3) is 0. The van der Waals surface area contributed by atoms with Crippen LogP contribution in [0.15, 0.2) is 100.0 Å². The van der Waals surface area contributed by atoms with Gasteiger partial charge in [-0.25, -0.2) is 0 Å². The van der Waals surface area contributed by atoms with E-state index in [2.05, 4.69) is 39.7 Å². The first kappa shape index (κ1) is 17.2. The quantitative estimate of drug-likeness (QED) is 0.305. The third-order valence-electron chi connectivity index (χ3n) is 5.99. The van der Waals surface area contributed by atoms with Crippen molar-refractivity contribution in [3.63, 3.8) is 0 Å². The predicted octanol–water partition coefficient (Wildman–Crippen LogP) is 7.00. The topological polar surface area (TPSA) is 65.0 Å². The van der Waals surface area contributed by atoms with Crippen LogP contribution in [0.3, 0.4) is 0 Å². The minimum atomic E-state index is 0.759. The molecule has 3 aromatic heterocycles. The second-order valence-corrected chi connectivity index (χ2v) is 7.75. The van der Waals surface area contributed by atoms with Gasteiger partial charge < -0.3 is 8.83 Å². The standard InChI is InChI=1S/C27H15N3O2/c1-3-11-21-17(7-1)25-16(9-5-13-23(25)31-21)20-15-28-30-29-27(20)19-10-6-14-24-26(19)18-8-2-4-12-22(18)32-24/h1-15H. The molecule has 0 aliphatic rings. The lowest BCUT2D eigenvalue weighted by molar-refractivity contribution is 0.668. The number of furan rings is 2. The second-order valence-electron chi connectivity index (χ2n) is 7.75. The Kier molecular flexibility index (Phi) is 3.49. The van der Waals surface area contributed by atoms with Gasteiger partial charge in [-0.1, -0.05) is 60.7 Å². The van der Waals surface area contributed by atoms with Crippen LogP contribution in [-0.4, -0.2) is 15.4 Å². The lowest BCUT2D eigenvalue weighted by atomic mass is 9.95. The van der Waals surface area contributed by atoms with E-state index in [1.54, 1.807) is 6.20 Å². The van der Waals surface area contributed by atoms with Crippen LogP contribution >= 0.6 is 0 Å².